The summed E-state index contributed by atoms with van der Waals surface area (Å²) in [5.41, 5.74) is 0.779. The SMILES string of the molecule is C=CCN(CCC)C(=O)[C@@H]1[C@@H]2CC(C)C3(S2)C(C(=O)N(CC=C)c2ccc4ccccc4c2)N(CCCCCCO)C(=O)[C@H]13. The Morgan fingerprint density at radius 2 is 1.77 bits per heavy atom. The number of hydrogen-bond donors (Lipinski definition) is 1. The number of hydrogen-bond acceptors (Lipinski definition) is 5. The minimum absolute atomic E-state index is 0.00569. The number of benzene rings is 2. The van der Waals surface area contributed by atoms with E-state index < -0.39 is 22.6 Å². The molecule has 3 saturated heterocycles. The zero-order valence-corrected chi connectivity index (χ0v) is 27.0. The van der Waals surface area contributed by atoms with Crippen LogP contribution >= 0.6 is 11.8 Å². The highest BCUT2D eigenvalue weighted by atomic mass is 32.2. The van der Waals surface area contributed by atoms with Gasteiger partial charge in [-0.15, -0.1) is 24.9 Å². The molecule has 3 aliphatic rings. The molecular formula is C36H47N3O4S. The Morgan fingerprint density at radius 1 is 1.05 bits per heavy atom. The van der Waals surface area contributed by atoms with Gasteiger partial charge in [0.1, 0.15) is 6.04 Å². The number of amides is 3. The van der Waals surface area contributed by atoms with Crippen LogP contribution in [0.5, 0.6) is 0 Å². The second-order valence-corrected chi connectivity index (χ2v) is 14.1. The largest absolute Gasteiger partial charge is 0.396 e. The molecule has 1 N–H and O–H groups in total. The van der Waals surface area contributed by atoms with E-state index in [1.807, 2.05) is 46.2 Å². The van der Waals surface area contributed by atoms with Gasteiger partial charge in [0.05, 0.1) is 16.6 Å². The van der Waals surface area contributed by atoms with Crippen LogP contribution in [-0.4, -0.2) is 81.5 Å². The molecule has 236 valence electrons. The van der Waals surface area contributed by atoms with Crippen LogP contribution in [0.2, 0.25) is 0 Å². The average molecular weight is 618 g/mol. The zero-order valence-electron chi connectivity index (χ0n) is 26.2. The lowest BCUT2D eigenvalue weighted by atomic mass is 9.65. The van der Waals surface area contributed by atoms with E-state index in [0.29, 0.717) is 26.2 Å². The molecule has 5 rings (SSSR count). The van der Waals surface area contributed by atoms with Gasteiger partial charge in [-0.3, -0.25) is 14.4 Å². The van der Waals surface area contributed by atoms with E-state index in [9.17, 15) is 19.5 Å². The number of nitrogens with zero attached hydrogens (tertiary/aromatic N) is 3. The Hall–Kier alpha value is -3.10. The van der Waals surface area contributed by atoms with Crippen molar-refractivity contribution in [2.45, 2.75) is 68.4 Å². The second kappa shape index (κ2) is 13.9. The summed E-state index contributed by atoms with van der Waals surface area (Å²) in [4.78, 5) is 49.2. The summed E-state index contributed by atoms with van der Waals surface area (Å²) in [6.07, 6.45) is 8.33. The summed E-state index contributed by atoms with van der Waals surface area (Å²) in [5, 5.41) is 11.4. The molecule has 3 unspecified atom stereocenters. The zero-order chi connectivity index (χ0) is 31.4. The smallest absolute Gasteiger partial charge is 0.251 e. The number of aliphatic hydroxyl groups excluding tert-OH is 1. The van der Waals surface area contributed by atoms with Gasteiger partial charge in [-0.25, -0.2) is 0 Å². The van der Waals surface area contributed by atoms with Gasteiger partial charge in [0.15, 0.2) is 0 Å². The maximum Gasteiger partial charge on any atom is 0.251 e. The van der Waals surface area contributed by atoms with E-state index in [0.717, 1.165) is 55.0 Å². The van der Waals surface area contributed by atoms with Crippen LogP contribution < -0.4 is 4.90 Å². The highest BCUT2D eigenvalue weighted by Gasteiger charge is 2.76. The molecule has 2 aromatic carbocycles. The number of rotatable bonds is 15. The Bertz CT molecular complexity index is 1400. The first-order chi connectivity index (χ1) is 21.3. The van der Waals surface area contributed by atoms with Crippen LogP contribution in [0.4, 0.5) is 5.69 Å². The van der Waals surface area contributed by atoms with Crippen molar-refractivity contribution in [3.05, 3.63) is 67.8 Å². The summed E-state index contributed by atoms with van der Waals surface area (Å²) in [7, 11) is 0. The minimum atomic E-state index is -0.675. The predicted molar refractivity (Wildman–Crippen MR) is 179 cm³/mol. The maximum atomic E-state index is 15.0. The fourth-order valence-electron chi connectivity index (χ4n) is 7.94. The highest BCUT2D eigenvalue weighted by molar-refractivity contribution is 8.02. The lowest BCUT2D eigenvalue weighted by Crippen LogP contribution is -2.57. The maximum absolute atomic E-state index is 15.0. The van der Waals surface area contributed by atoms with Gasteiger partial charge in [-0.1, -0.05) is 69.2 Å². The summed E-state index contributed by atoms with van der Waals surface area (Å²) in [6.45, 7) is 14.1. The molecule has 44 heavy (non-hydrogen) atoms. The van der Waals surface area contributed by atoms with Gasteiger partial charge in [0.25, 0.3) is 5.91 Å². The van der Waals surface area contributed by atoms with Crippen molar-refractivity contribution >= 4 is 45.9 Å². The molecule has 7 nitrogen and oxygen atoms in total. The average Bonchev–Trinajstić information content (AvgIpc) is 3.62. The lowest BCUT2D eigenvalue weighted by Gasteiger charge is -2.41. The number of anilines is 1. The molecule has 0 radical (unpaired) electrons. The fourth-order valence-corrected chi connectivity index (χ4v) is 10.3. The first-order valence-corrected chi connectivity index (χ1v) is 17.1. The van der Waals surface area contributed by atoms with E-state index in [1.54, 1.807) is 28.8 Å². The van der Waals surface area contributed by atoms with Crippen LogP contribution in [0, 0.1) is 17.8 Å². The standard InChI is InChI=1S/C36H47N3O4S/c1-5-18-37(19-6-2)33(41)30-29-23-25(4)36(44-29)31(30)34(42)39(21-12-8-9-13-22-40)32(36)35(43)38(20-7-3)28-17-16-26-14-10-11-15-27(26)24-28/h5,7,10-11,14-17,24-25,29-32,40H,1,3,6,8-9,12-13,18-23H2,2,4H3/t25?,29-,30+,31-,32?,36?/m0/s1. The van der Waals surface area contributed by atoms with E-state index in [4.69, 9.17) is 0 Å². The van der Waals surface area contributed by atoms with Crippen molar-refractivity contribution < 1.29 is 19.5 Å². The quantitative estimate of drug-likeness (QED) is 0.206. The van der Waals surface area contributed by atoms with Gasteiger partial charge in [0, 0.05) is 43.7 Å². The molecule has 0 aliphatic carbocycles. The summed E-state index contributed by atoms with van der Waals surface area (Å²) < 4.78 is -0.674. The first kappa shape index (κ1) is 32.3. The summed E-state index contributed by atoms with van der Waals surface area (Å²) in [5.74, 6) is -1.02. The highest BCUT2D eigenvalue weighted by Crippen LogP contribution is 2.69. The molecule has 2 bridgehead atoms. The summed E-state index contributed by atoms with van der Waals surface area (Å²) in [6, 6.07) is 13.5. The monoisotopic (exact) mass is 617 g/mol. The van der Waals surface area contributed by atoms with Gasteiger partial charge < -0.3 is 19.8 Å². The Morgan fingerprint density at radius 3 is 2.48 bits per heavy atom. The fraction of sp³-hybridized carbons (Fsp3) is 0.528. The number of aliphatic hydroxyl groups is 1. The van der Waals surface area contributed by atoms with Gasteiger partial charge >= 0.3 is 0 Å². The van der Waals surface area contributed by atoms with E-state index in [2.05, 4.69) is 33.1 Å². The topological polar surface area (TPSA) is 81.2 Å². The Kier molecular flexibility index (Phi) is 10.2. The van der Waals surface area contributed by atoms with Gasteiger partial charge in [0.2, 0.25) is 11.8 Å². The van der Waals surface area contributed by atoms with Crippen molar-refractivity contribution in [1.29, 1.82) is 0 Å². The van der Waals surface area contributed by atoms with Gasteiger partial charge in [-0.2, -0.15) is 0 Å². The van der Waals surface area contributed by atoms with Crippen LogP contribution in [0.15, 0.2) is 67.8 Å². The molecule has 3 heterocycles. The number of fused-ring (bicyclic) bond motifs is 2. The molecule has 0 saturated carbocycles. The molecule has 6 atom stereocenters. The van der Waals surface area contributed by atoms with Crippen molar-refractivity contribution in [3.8, 4) is 0 Å². The third-order valence-corrected chi connectivity index (χ3v) is 11.9. The van der Waals surface area contributed by atoms with E-state index in [-0.39, 0.29) is 35.5 Å². The van der Waals surface area contributed by atoms with Crippen LogP contribution in [0.1, 0.15) is 52.4 Å². The van der Waals surface area contributed by atoms with Crippen molar-refractivity contribution in [2.75, 3.05) is 37.7 Å². The van der Waals surface area contributed by atoms with E-state index in [1.165, 1.54) is 0 Å². The third kappa shape index (κ3) is 5.60. The molecule has 0 aromatic heterocycles. The number of carbonyl (C=O) groups excluding carboxylic acids is 3. The third-order valence-electron chi connectivity index (χ3n) is 9.85. The molecule has 3 amide bonds. The van der Waals surface area contributed by atoms with Gasteiger partial charge in [-0.05, 0) is 54.5 Å². The normalized spacial score (nSPS) is 27.0. The molecule has 3 fully saturated rings. The predicted octanol–water partition coefficient (Wildman–Crippen LogP) is 5.67. The number of unbranched alkanes of at least 4 members (excludes halogenated alkanes) is 3. The minimum Gasteiger partial charge on any atom is -0.396 e. The number of carbonyl (C=O) groups is 3. The van der Waals surface area contributed by atoms with E-state index >= 15 is 0 Å². The van der Waals surface area contributed by atoms with Crippen LogP contribution in [0.3, 0.4) is 0 Å². The van der Waals surface area contributed by atoms with Crippen molar-refractivity contribution in [2.24, 2.45) is 17.8 Å². The first-order valence-electron chi connectivity index (χ1n) is 16.2. The number of likely N-dealkylation sites (tertiary alicyclic amines) is 1. The second-order valence-electron chi connectivity index (χ2n) is 12.6. The molecular weight excluding hydrogens is 570 g/mol. The van der Waals surface area contributed by atoms with Crippen molar-refractivity contribution in [3.63, 3.8) is 0 Å². The van der Waals surface area contributed by atoms with Crippen LogP contribution in [0.25, 0.3) is 10.8 Å². The lowest BCUT2D eigenvalue weighted by molar-refractivity contribution is -0.144. The Balaban J connectivity index is 1.55. The van der Waals surface area contributed by atoms with Crippen LogP contribution in [-0.2, 0) is 14.4 Å². The molecule has 8 heteroatoms. The number of thioether (sulfide) groups is 1. The molecule has 1 spiro atoms. The van der Waals surface area contributed by atoms with Crippen molar-refractivity contribution in [1.82, 2.24) is 9.80 Å². The Labute approximate surface area is 266 Å². The summed E-state index contributed by atoms with van der Waals surface area (Å²) >= 11 is 1.73. The molecule has 2 aromatic rings. The molecule has 3 aliphatic heterocycles.